The van der Waals surface area contributed by atoms with Crippen LogP contribution in [-0.4, -0.2) is 15.2 Å². The zero-order valence-corrected chi connectivity index (χ0v) is 8.59. The molecule has 0 aliphatic rings. The van der Waals surface area contributed by atoms with Crippen molar-refractivity contribution in [2.24, 2.45) is 0 Å². The zero-order valence-electron chi connectivity index (χ0n) is 7.77. The van der Waals surface area contributed by atoms with Gasteiger partial charge < -0.3 is 5.73 Å². The molecule has 0 saturated carbocycles. The number of hydrogen-bond acceptors (Lipinski definition) is 4. The average molecular weight is 224 g/mol. The summed E-state index contributed by atoms with van der Waals surface area (Å²) in [7, 11) is 0. The summed E-state index contributed by atoms with van der Waals surface area (Å²) in [4.78, 5) is 3.95. The van der Waals surface area contributed by atoms with Crippen LogP contribution in [0.25, 0.3) is 0 Å². The van der Waals surface area contributed by atoms with Crippen molar-refractivity contribution in [1.82, 2.24) is 15.2 Å². The second-order valence-corrected chi connectivity index (χ2v) is 3.89. The molecule has 0 amide bonds. The Bertz CT molecular complexity index is 443. The Kier molecular flexibility index (Phi) is 2.86. The van der Waals surface area contributed by atoms with E-state index in [1.165, 1.54) is 30.2 Å². The molecule has 2 aromatic rings. The highest BCUT2D eigenvalue weighted by atomic mass is 32.2. The summed E-state index contributed by atoms with van der Waals surface area (Å²) < 4.78 is 12.9. The fourth-order valence-corrected chi connectivity index (χ4v) is 1.89. The number of thioether (sulfide) groups is 1. The van der Waals surface area contributed by atoms with E-state index in [4.69, 9.17) is 5.73 Å². The topological polar surface area (TPSA) is 67.6 Å². The number of hydrogen-bond donors (Lipinski definition) is 2. The Hall–Kier alpha value is -1.56. The Labute approximate surface area is 90.1 Å². The van der Waals surface area contributed by atoms with Crippen molar-refractivity contribution in [2.75, 3.05) is 5.73 Å². The summed E-state index contributed by atoms with van der Waals surface area (Å²) in [6.07, 6.45) is 1.43. The number of H-pyrrole nitrogens is 1. The molecule has 0 aliphatic carbocycles. The lowest BCUT2D eigenvalue weighted by Crippen LogP contribution is -1.93. The first-order chi connectivity index (χ1) is 7.25. The summed E-state index contributed by atoms with van der Waals surface area (Å²) >= 11 is 1.43. The second-order valence-electron chi connectivity index (χ2n) is 2.92. The summed E-state index contributed by atoms with van der Waals surface area (Å²) in [6, 6.07) is 4.34. The van der Waals surface area contributed by atoms with Crippen molar-refractivity contribution in [3.05, 3.63) is 35.9 Å². The third kappa shape index (κ3) is 2.47. The maximum Gasteiger partial charge on any atom is 0.183 e. The van der Waals surface area contributed by atoms with Crippen molar-refractivity contribution in [2.45, 2.75) is 10.9 Å². The highest BCUT2D eigenvalue weighted by Crippen LogP contribution is 2.22. The predicted octanol–water partition coefficient (Wildman–Crippen LogP) is 1.82. The number of nitrogens with zero attached hydrogens (tertiary/aromatic N) is 2. The first-order valence-electron chi connectivity index (χ1n) is 4.28. The predicted molar refractivity (Wildman–Crippen MR) is 56.8 cm³/mol. The van der Waals surface area contributed by atoms with Crippen molar-refractivity contribution in [3.8, 4) is 0 Å². The monoisotopic (exact) mass is 224 g/mol. The molecule has 0 saturated heterocycles. The minimum absolute atomic E-state index is 0.280. The molecule has 0 atom stereocenters. The van der Waals surface area contributed by atoms with Crippen LogP contribution in [0, 0.1) is 5.82 Å². The number of rotatable bonds is 3. The molecule has 3 N–H and O–H groups in total. The van der Waals surface area contributed by atoms with Gasteiger partial charge in [0.2, 0.25) is 0 Å². The molecule has 1 heterocycles. The van der Waals surface area contributed by atoms with Crippen molar-refractivity contribution in [3.63, 3.8) is 0 Å². The number of anilines is 1. The molecule has 0 fully saturated rings. The minimum Gasteiger partial charge on any atom is -0.398 e. The first-order valence-corrected chi connectivity index (χ1v) is 5.26. The third-order valence-electron chi connectivity index (χ3n) is 1.86. The smallest absolute Gasteiger partial charge is 0.183 e. The average Bonchev–Trinajstić information content (AvgIpc) is 2.72. The van der Waals surface area contributed by atoms with E-state index in [-0.39, 0.29) is 5.82 Å². The van der Waals surface area contributed by atoms with Gasteiger partial charge in [-0.2, -0.15) is 5.10 Å². The van der Waals surface area contributed by atoms with E-state index in [0.29, 0.717) is 16.6 Å². The van der Waals surface area contributed by atoms with Crippen LogP contribution in [0.15, 0.2) is 29.7 Å². The molecule has 0 bridgehead atoms. The van der Waals surface area contributed by atoms with Gasteiger partial charge in [-0.05, 0) is 23.8 Å². The molecule has 15 heavy (non-hydrogen) atoms. The largest absolute Gasteiger partial charge is 0.398 e. The van der Waals surface area contributed by atoms with E-state index < -0.39 is 0 Å². The lowest BCUT2D eigenvalue weighted by atomic mass is 10.2. The normalized spacial score (nSPS) is 10.5. The van der Waals surface area contributed by atoms with Crippen LogP contribution in [0.5, 0.6) is 0 Å². The first kappa shape index (κ1) is 9.97. The molecule has 1 aromatic carbocycles. The van der Waals surface area contributed by atoms with Crippen molar-refractivity contribution >= 4 is 17.4 Å². The Morgan fingerprint density at radius 3 is 3.07 bits per heavy atom. The lowest BCUT2D eigenvalue weighted by Gasteiger charge is -2.03. The molecular weight excluding hydrogens is 215 g/mol. The lowest BCUT2D eigenvalue weighted by molar-refractivity contribution is 0.627. The molecule has 0 unspecified atom stereocenters. The van der Waals surface area contributed by atoms with Crippen LogP contribution in [0.2, 0.25) is 0 Å². The van der Waals surface area contributed by atoms with Gasteiger partial charge in [-0.1, -0.05) is 11.8 Å². The van der Waals surface area contributed by atoms with E-state index in [1.54, 1.807) is 6.07 Å². The fraction of sp³-hybridized carbons (Fsp3) is 0.111. The molecule has 0 spiro atoms. The zero-order chi connectivity index (χ0) is 10.7. The van der Waals surface area contributed by atoms with E-state index in [1.807, 2.05) is 0 Å². The number of nitrogen functional groups attached to an aromatic ring is 1. The molecule has 78 valence electrons. The summed E-state index contributed by atoms with van der Waals surface area (Å²) in [5.41, 5.74) is 7.05. The standard InChI is InChI=1S/C9H9FN4S/c10-7-1-2-8(11)6(3-7)4-15-9-12-5-13-14-9/h1-3,5H,4,11H2,(H,12,13,14). The van der Waals surface area contributed by atoms with Gasteiger partial charge in [0, 0.05) is 11.4 Å². The Balaban J connectivity index is 2.07. The molecule has 6 heteroatoms. The van der Waals surface area contributed by atoms with Gasteiger partial charge in [-0.25, -0.2) is 9.37 Å². The highest BCUT2D eigenvalue weighted by Gasteiger charge is 2.03. The molecule has 1 aromatic heterocycles. The van der Waals surface area contributed by atoms with Crippen molar-refractivity contribution < 1.29 is 4.39 Å². The molecule has 2 rings (SSSR count). The third-order valence-corrected chi connectivity index (χ3v) is 2.79. The summed E-state index contributed by atoms with van der Waals surface area (Å²) in [6.45, 7) is 0. The van der Waals surface area contributed by atoms with E-state index in [0.717, 1.165) is 5.56 Å². The quantitative estimate of drug-likeness (QED) is 0.616. The van der Waals surface area contributed by atoms with E-state index >= 15 is 0 Å². The van der Waals surface area contributed by atoms with Gasteiger partial charge in [-0.15, -0.1) is 0 Å². The van der Waals surface area contributed by atoms with Crippen molar-refractivity contribution in [1.29, 1.82) is 0 Å². The van der Waals surface area contributed by atoms with Crippen LogP contribution in [0.3, 0.4) is 0 Å². The summed E-state index contributed by atoms with van der Waals surface area (Å²) in [5, 5.41) is 7.11. The van der Waals surface area contributed by atoms with Gasteiger partial charge >= 0.3 is 0 Å². The van der Waals surface area contributed by atoms with Crippen LogP contribution in [0.1, 0.15) is 5.56 Å². The van der Waals surface area contributed by atoms with Crippen LogP contribution in [0.4, 0.5) is 10.1 Å². The molecular formula is C9H9FN4S. The van der Waals surface area contributed by atoms with E-state index in [9.17, 15) is 4.39 Å². The van der Waals surface area contributed by atoms with E-state index in [2.05, 4.69) is 15.2 Å². The maximum absolute atomic E-state index is 12.9. The molecule has 0 radical (unpaired) electrons. The Morgan fingerprint density at radius 2 is 2.33 bits per heavy atom. The number of nitrogens with two attached hydrogens (primary N) is 1. The fourth-order valence-electron chi connectivity index (χ4n) is 1.11. The number of benzene rings is 1. The summed E-state index contributed by atoms with van der Waals surface area (Å²) in [5.74, 6) is 0.288. The number of aromatic nitrogens is 3. The molecule has 4 nitrogen and oxygen atoms in total. The van der Waals surface area contributed by atoms with Crippen LogP contribution >= 0.6 is 11.8 Å². The molecule has 0 aliphatic heterocycles. The highest BCUT2D eigenvalue weighted by molar-refractivity contribution is 7.98. The van der Waals surface area contributed by atoms with Gasteiger partial charge in [0.05, 0.1) is 0 Å². The maximum atomic E-state index is 12.9. The van der Waals surface area contributed by atoms with Gasteiger partial charge in [0.25, 0.3) is 0 Å². The van der Waals surface area contributed by atoms with Gasteiger partial charge in [0.1, 0.15) is 12.1 Å². The Morgan fingerprint density at radius 1 is 1.47 bits per heavy atom. The minimum atomic E-state index is -0.280. The van der Waals surface area contributed by atoms with Crippen LogP contribution < -0.4 is 5.73 Å². The second kappa shape index (κ2) is 4.31. The van der Waals surface area contributed by atoms with Gasteiger partial charge in [0.15, 0.2) is 5.16 Å². The van der Waals surface area contributed by atoms with Gasteiger partial charge in [-0.3, -0.25) is 5.10 Å². The SMILES string of the molecule is Nc1ccc(F)cc1CSc1ncn[nH]1. The van der Waals surface area contributed by atoms with Crippen LogP contribution in [-0.2, 0) is 5.75 Å². The number of nitrogens with one attached hydrogen (secondary N) is 1. The number of aromatic amines is 1. The number of halogens is 1.